The van der Waals surface area contributed by atoms with Gasteiger partial charge in [0.1, 0.15) is 5.69 Å². The largest absolute Gasteiger partial charge is 0.480 e. The summed E-state index contributed by atoms with van der Waals surface area (Å²) in [5.74, 6) is -1.12. The molecule has 8 heteroatoms. The molecule has 1 heterocycles. The number of hydrogen-bond acceptors (Lipinski definition) is 5. The molecule has 25 heavy (non-hydrogen) atoms. The van der Waals surface area contributed by atoms with E-state index < -0.39 is 11.8 Å². The van der Waals surface area contributed by atoms with Gasteiger partial charge in [-0.3, -0.25) is 9.59 Å². The van der Waals surface area contributed by atoms with Crippen molar-refractivity contribution >= 4 is 17.5 Å². The Labute approximate surface area is 146 Å². The molecule has 134 valence electrons. The first-order valence-electron chi connectivity index (χ1n) is 7.69. The molecule has 1 aromatic carbocycles. The summed E-state index contributed by atoms with van der Waals surface area (Å²) in [7, 11) is 4.79. The number of hydrogen-bond donors (Lipinski definition) is 2. The lowest BCUT2D eigenvalue weighted by Crippen LogP contribution is -2.35. The minimum absolute atomic E-state index is 0.253. The number of rotatable bonds is 6. The maximum atomic E-state index is 12.1. The van der Waals surface area contributed by atoms with Crippen LogP contribution in [0.4, 0.5) is 5.69 Å². The lowest BCUT2D eigenvalue weighted by atomic mass is 10.1. The molecule has 0 saturated carbocycles. The summed E-state index contributed by atoms with van der Waals surface area (Å²) in [5, 5.41) is 9.27. The van der Waals surface area contributed by atoms with Crippen molar-refractivity contribution in [2.75, 3.05) is 19.5 Å². The van der Waals surface area contributed by atoms with Crippen LogP contribution in [0.2, 0.25) is 0 Å². The van der Waals surface area contributed by atoms with E-state index in [0.29, 0.717) is 23.9 Å². The Morgan fingerprint density at radius 3 is 2.36 bits per heavy atom. The number of methoxy groups -OCH3 is 2. The molecule has 0 atom stereocenters. The molecule has 2 aromatic rings. The van der Waals surface area contributed by atoms with Gasteiger partial charge in [0.25, 0.3) is 0 Å². The SMILES string of the molecule is COCc1ccc(CNC(=O)C(=O)Nc2c(C)nn(C)c2OC)cc1. The van der Waals surface area contributed by atoms with Gasteiger partial charge in [0.05, 0.1) is 19.4 Å². The van der Waals surface area contributed by atoms with E-state index in [1.54, 1.807) is 21.1 Å². The Morgan fingerprint density at radius 1 is 1.12 bits per heavy atom. The second-order valence-electron chi connectivity index (χ2n) is 5.48. The van der Waals surface area contributed by atoms with Crippen molar-refractivity contribution in [3.8, 4) is 5.88 Å². The molecule has 8 nitrogen and oxygen atoms in total. The van der Waals surface area contributed by atoms with E-state index >= 15 is 0 Å². The van der Waals surface area contributed by atoms with E-state index in [4.69, 9.17) is 9.47 Å². The van der Waals surface area contributed by atoms with Gasteiger partial charge in [-0.1, -0.05) is 24.3 Å². The number of nitrogens with one attached hydrogen (secondary N) is 2. The summed E-state index contributed by atoms with van der Waals surface area (Å²) >= 11 is 0. The van der Waals surface area contributed by atoms with Crippen molar-refractivity contribution in [1.82, 2.24) is 15.1 Å². The maximum Gasteiger partial charge on any atom is 0.313 e. The highest BCUT2D eigenvalue weighted by Crippen LogP contribution is 2.26. The molecule has 1 aromatic heterocycles. The Hall–Kier alpha value is -2.87. The van der Waals surface area contributed by atoms with Crippen LogP contribution in [0.1, 0.15) is 16.8 Å². The van der Waals surface area contributed by atoms with Crippen molar-refractivity contribution in [2.24, 2.45) is 7.05 Å². The first-order chi connectivity index (χ1) is 12.0. The van der Waals surface area contributed by atoms with E-state index in [-0.39, 0.29) is 6.54 Å². The van der Waals surface area contributed by atoms with E-state index in [9.17, 15) is 9.59 Å². The second kappa shape index (κ2) is 8.29. The molecular weight excluding hydrogens is 324 g/mol. The zero-order chi connectivity index (χ0) is 18.4. The number of ether oxygens (including phenoxy) is 2. The fourth-order valence-corrected chi connectivity index (χ4v) is 2.37. The van der Waals surface area contributed by atoms with Crippen LogP contribution in [0.15, 0.2) is 24.3 Å². The Bertz CT molecular complexity index is 753. The maximum absolute atomic E-state index is 12.1. The molecular formula is C17H22N4O4. The van der Waals surface area contributed by atoms with Crippen LogP contribution >= 0.6 is 0 Å². The number of benzene rings is 1. The minimum Gasteiger partial charge on any atom is -0.480 e. The van der Waals surface area contributed by atoms with E-state index in [0.717, 1.165) is 11.1 Å². The molecule has 0 saturated heterocycles. The number of amides is 2. The van der Waals surface area contributed by atoms with Crippen molar-refractivity contribution < 1.29 is 19.1 Å². The molecule has 0 aliphatic rings. The van der Waals surface area contributed by atoms with Gasteiger partial charge in [0.15, 0.2) is 0 Å². The summed E-state index contributed by atoms with van der Waals surface area (Å²) in [6.07, 6.45) is 0. The third-order valence-corrected chi connectivity index (χ3v) is 3.59. The summed E-state index contributed by atoms with van der Waals surface area (Å²) in [4.78, 5) is 24.1. The summed E-state index contributed by atoms with van der Waals surface area (Å²) < 4.78 is 11.7. The summed E-state index contributed by atoms with van der Waals surface area (Å²) in [5.41, 5.74) is 2.87. The standard InChI is InChI=1S/C17H22N4O4/c1-11-14(17(25-4)21(2)20-11)19-16(23)15(22)18-9-12-5-7-13(8-6-12)10-24-3/h5-8H,9-10H2,1-4H3,(H,18,22)(H,19,23). The van der Waals surface area contributed by atoms with Crippen molar-refractivity contribution in [3.05, 3.63) is 41.1 Å². The van der Waals surface area contributed by atoms with Gasteiger partial charge >= 0.3 is 11.8 Å². The Balaban J connectivity index is 1.93. The number of carbonyl (C=O) groups excluding carboxylic acids is 2. The Kier molecular flexibility index (Phi) is 6.13. The molecule has 0 radical (unpaired) electrons. The zero-order valence-electron chi connectivity index (χ0n) is 14.8. The molecule has 2 N–H and O–H groups in total. The van der Waals surface area contributed by atoms with Crippen molar-refractivity contribution in [3.63, 3.8) is 0 Å². The number of carbonyl (C=O) groups is 2. The fraction of sp³-hybridized carbons (Fsp3) is 0.353. The van der Waals surface area contributed by atoms with Crippen LogP contribution in [0.3, 0.4) is 0 Å². The van der Waals surface area contributed by atoms with Gasteiger partial charge in [-0.2, -0.15) is 5.10 Å². The highest BCUT2D eigenvalue weighted by molar-refractivity contribution is 6.39. The normalized spacial score (nSPS) is 10.4. The van der Waals surface area contributed by atoms with E-state index in [1.807, 2.05) is 24.3 Å². The highest BCUT2D eigenvalue weighted by atomic mass is 16.5. The number of nitrogens with zero attached hydrogens (tertiary/aromatic N) is 2. The van der Waals surface area contributed by atoms with E-state index in [1.165, 1.54) is 11.8 Å². The molecule has 2 amide bonds. The summed E-state index contributed by atoms with van der Waals surface area (Å²) in [6, 6.07) is 7.57. The smallest absolute Gasteiger partial charge is 0.313 e. The molecule has 0 aliphatic carbocycles. The molecule has 0 unspecified atom stereocenters. The molecule has 0 fully saturated rings. The third kappa shape index (κ3) is 4.57. The lowest BCUT2D eigenvalue weighted by molar-refractivity contribution is -0.136. The van der Waals surface area contributed by atoms with Crippen LogP contribution in [0.25, 0.3) is 0 Å². The summed E-state index contributed by atoms with van der Waals surface area (Å²) in [6.45, 7) is 2.50. The van der Waals surface area contributed by atoms with Crippen LogP contribution in [-0.2, 0) is 34.5 Å². The van der Waals surface area contributed by atoms with Gasteiger partial charge < -0.3 is 20.1 Å². The molecule has 0 aliphatic heterocycles. The van der Waals surface area contributed by atoms with Gasteiger partial charge in [-0.05, 0) is 18.1 Å². The van der Waals surface area contributed by atoms with Crippen LogP contribution in [0, 0.1) is 6.92 Å². The van der Waals surface area contributed by atoms with Crippen LogP contribution < -0.4 is 15.4 Å². The number of anilines is 1. The monoisotopic (exact) mass is 346 g/mol. The quantitative estimate of drug-likeness (QED) is 0.765. The highest BCUT2D eigenvalue weighted by Gasteiger charge is 2.20. The first kappa shape index (κ1) is 18.5. The average Bonchev–Trinajstić information content (AvgIpc) is 2.87. The van der Waals surface area contributed by atoms with Gasteiger partial charge in [0, 0.05) is 20.7 Å². The van der Waals surface area contributed by atoms with Crippen molar-refractivity contribution in [1.29, 1.82) is 0 Å². The number of aryl methyl sites for hydroxylation is 2. The second-order valence-corrected chi connectivity index (χ2v) is 5.48. The lowest BCUT2D eigenvalue weighted by Gasteiger charge is -2.08. The van der Waals surface area contributed by atoms with Crippen molar-refractivity contribution in [2.45, 2.75) is 20.1 Å². The average molecular weight is 346 g/mol. The first-order valence-corrected chi connectivity index (χ1v) is 7.69. The fourth-order valence-electron chi connectivity index (χ4n) is 2.37. The predicted molar refractivity (Wildman–Crippen MR) is 92.1 cm³/mol. The minimum atomic E-state index is -0.773. The van der Waals surface area contributed by atoms with E-state index in [2.05, 4.69) is 15.7 Å². The molecule has 0 spiro atoms. The molecule has 0 bridgehead atoms. The zero-order valence-corrected chi connectivity index (χ0v) is 14.8. The topological polar surface area (TPSA) is 94.5 Å². The van der Waals surface area contributed by atoms with Gasteiger partial charge in [-0.15, -0.1) is 0 Å². The predicted octanol–water partition coefficient (Wildman–Crippen LogP) is 1.14. The third-order valence-electron chi connectivity index (χ3n) is 3.59. The van der Waals surface area contributed by atoms with Crippen LogP contribution in [-0.4, -0.2) is 35.8 Å². The molecule has 2 rings (SSSR count). The Morgan fingerprint density at radius 2 is 1.76 bits per heavy atom. The van der Waals surface area contributed by atoms with Gasteiger partial charge in [0.2, 0.25) is 5.88 Å². The van der Waals surface area contributed by atoms with Gasteiger partial charge in [-0.25, -0.2) is 4.68 Å². The van der Waals surface area contributed by atoms with Crippen LogP contribution in [0.5, 0.6) is 5.88 Å². The number of aromatic nitrogens is 2.